The Morgan fingerprint density at radius 3 is 1.00 bits per heavy atom. The lowest BCUT2D eigenvalue weighted by atomic mass is 9.82. The summed E-state index contributed by atoms with van der Waals surface area (Å²) in [4.78, 5) is 63.3. The maximum atomic E-state index is 12.0. The van der Waals surface area contributed by atoms with Gasteiger partial charge in [-0.2, -0.15) is 0 Å². The van der Waals surface area contributed by atoms with E-state index >= 15 is 0 Å². The lowest BCUT2D eigenvalue weighted by Crippen LogP contribution is -2.36. The van der Waals surface area contributed by atoms with E-state index in [-0.39, 0.29) is 43.4 Å². The van der Waals surface area contributed by atoms with Gasteiger partial charge in [0.1, 0.15) is 0 Å². The van der Waals surface area contributed by atoms with Gasteiger partial charge in [-0.1, -0.05) is 167 Å². The molecule has 0 bridgehead atoms. The third-order valence-electron chi connectivity index (χ3n) is 14.3. The van der Waals surface area contributed by atoms with Crippen LogP contribution >= 0.6 is 48.9 Å². The predicted octanol–water partition coefficient (Wildman–Crippen LogP) is 12.1. The average Bonchev–Trinajstić information content (AvgIpc) is 3.33. The van der Waals surface area contributed by atoms with Crippen LogP contribution in [-0.2, 0) is 21.7 Å². The fraction of sp³-hybridized carbons (Fsp3) is 0.742. The molecule has 0 unspecified atom stereocenters. The van der Waals surface area contributed by atoms with Gasteiger partial charge in [-0.3, -0.25) is 19.2 Å². The van der Waals surface area contributed by atoms with E-state index in [1.165, 1.54) is 12.8 Å². The summed E-state index contributed by atoms with van der Waals surface area (Å²) < 4.78 is 2.10. The molecule has 0 spiro atoms. The van der Waals surface area contributed by atoms with Crippen molar-refractivity contribution < 1.29 is 0 Å². The number of rotatable bonds is 27. The second-order valence-corrected chi connectivity index (χ2v) is 27.4. The summed E-state index contributed by atoms with van der Waals surface area (Å²) in [6, 6.07) is 0. The molecule has 4 aromatic carbocycles. The van der Waals surface area contributed by atoms with Gasteiger partial charge in [-0.15, -0.1) is 0 Å². The molecule has 0 aliphatic rings. The third kappa shape index (κ3) is 21.1. The van der Waals surface area contributed by atoms with Crippen LogP contribution in [-0.4, -0.2) is 147 Å². The average molecular weight is 1160 g/mol. The fourth-order valence-electron chi connectivity index (χ4n) is 9.85. The van der Waals surface area contributed by atoms with Crippen LogP contribution in [0.4, 0.5) is 22.7 Å². The van der Waals surface area contributed by atoms with E-state index in [9.17, 15) is 19.2 Å². The van der Waals surface area contributed by atoms with Gasteiger partial charge in [0.15, 0.2) is 0 Å². The normalized spacial score (nSPS) is 12.3. The van der Waals surface area contributed by atoms with Crippen molar-refractivity contribution in [1.82, 2.24) is 19.6 Å². The van der Waals surface area contributed by atoms with Crippen LogP contribution in [0.1, 0.15) is 178 Å². The van der Waals surface area contributed by atoms with Crippen molar-refractivity contribution in [1.29, 1.82) is 0 Å². The molecule has 4 aromatic rings. The van der Waals surface area contributed by atoms with Gasteiger partial charge in [0.25, 0.3) is 0 Å². The first kappa shape index (κ1) is 73.1. The molecule has 0 fully saturated rings. The zero-order valence-corrected chi connectivity index (χ0v) is 56.6. The number of nitrogens with zero attached hydrogens (tertiary/aromatic N) is 7. The van der Waals surface area contributed by atoms with Gasteiger partial charge >= 0.3 is 0 Å². The quantitative estimate of drug-likeness (QED) is 0.0452. The number of hydrogen-bond donors (Lipinski definition) is 1. The molecule has 0 aliphatic heterocycles. The molecule has 0 amide bonds. The first-order valence-electron chi connectivity index (χ1n) is 28.9. The fourth-order valence-corrected chi connectivity index (χ4v) is 11.9. The Kier molecular flexibility index (Phi) is 30.6. The van der Waals surface area contributed by atoms with Crippen molar-refractivity contribution in [3.8, 4) is 0 Å². The molecule has 16 heteroatoms. The van der Waals surface area contributed by atoms with Gasteiger partial charge in [-0.25, -0.2) is 0 Å². The van der Waals surface area contributed by atoms with Crippen LogP contribution < -0.4 is 41.7 Å². The van der Waals surface area contributed by atoms with E-state index in [2.05, 4.69) is 178 Å². The van der Waals surface area contributed by atoms with Crippen molar-refractivity contribution in [2.75, 3.05) is 147 Å². The van der Waals surface area contributed by atoms with Gasteiger partial charge in [-0.05, 0) is 140 Å². The van der Waals surface area contributed by atoms with Gasteiger partial charge in [0, 0.05) is 69.6 Å². The summed E-state index contributed by atoms with van der Waals surface area (Å²) in [7, 11) is 12.2. The summed E-state index contributed by atoms with van der Waals surface area (Å²) in [5.41, 5.74) is 7.41. The Hall–Kier alpha value is -2.96. The topological polar surface area (TPSA) is 103 Å². The van der Waals surface area contributed by atoms with Crippen molar-refractivity contribution in [2.45, 2.75) is 178 Å². The number of nitrogens with one attached hydrogen (secondary N) is 1. The Morgan fingerprint density at radius 2 is 0.692 bits per heavy atom. The molecule has 1 N–H and O–H groups in total. The van der Waals surface area contributed by atoms with E-state index < -0.39 is 0 Å². The molecule has 0 heterocycles. The van der Waals surface area contributed by atoms with E-state index in [4.69, 9.17) is 48.9 Å². The molecule has 0 saturated carbocycles. The Morgan fingerprint density at radius 1 is 0.372 bits per heavy atom. The minimum Gasteiger partial charge on any atom is -0.382 e. The molecular weight excluding hydrogens is 1050 g/mol. The molecular formula is C62H108N8O4S4. The van der Waals surface area contributed by atoms with Gasteiger partial charge in [0.2, 0.25) is 21.7 Å². The SMILES string of the molecule is CCCN(CCC)CCCNc1c(C(C)(C)C)c(=S)c1=O.CCN(C)CCCN(C)c1c(C(C)(C)C)c(=S)c1=O.CCN(CC)CCCN(C)c1c(C(C)(C)C)c(=S)c1=O.CN(C)CCCN(C)c1c(C(C)(C)C)c(=S)c1=O. The van der Waals surface area contributed by atoms with Crippen LogP contribution in [0.5, 0.6) is 0 Å². The summed E-state index contributed by atoms with van der Waals surface area (Å²) >= 11 is 20.8. The Balaban J connectivity index is 0.000000521. The predicted molar refractivity (Wildman–Crippen MR) is 352 cm³/mol. The van der Waals surface area contributed by atoms with E-state index in [0.29, 0.717) is 18.0 Å². The maximum absolute atomic E-state index is 12.0. The monoisotopic (exact) mass is 1160 g/mol. The van der Waals surface area contributed by atoms with Gasteiger partial charge in [0.05, 0.1) is 40.8 Å². The van der Waals surface area contributed by atoms with Crippen molar-refractivity contribution in [3.63, 3.8) is 0 Å². The molecule has 444 valence electrons. The highest BCUT2D eigenvalue weighted by atomic mass is 32.1. The van der Waals surface area contributed by atoms with Crippen molar-refractivity contribution in [2.24, 2.45) is 0 Å². The molecule has 4 rings (SSSR count). The van der Waals surface area contributed by atoms with Crippen LogP contribution in [0, 0.1) is 18.0 Å². The number of anilines is 4. The summed E-state index contributed by atoms with van der Waals surface area (Å²) in [6.07, 6.45) is 6.62. The second kappa shape index (κ2) is 32.6. The molecule has 0 radical (unpaired) electrons. The Bertz CT molecular complexity index is 2730. The minimum atomic E-state index is -0.0518. The molecule has 0 aliphatic carbocycles. The van der Waals surface area contributed by atoms with Gasteiger partial charge < -0.3 is 39.6 Å². The standard InChI is InChI=1S/C17H30N2OS.C16H28N2OS.C15H26N2OS.C14H24N2OS/c1-6-10-19(11-7-2)12-8-9-18-14-13(17(3,4)5)16(21)15(14)20;1-7-18(8-2)11-9-10-17(6)13-12(16(3,4)5)15(20)14(13)19;1-7-16(5)9-8-10-17(6)12-11(15(2,3)4)14(19)13(12)18;1-14(2,3)10-11(12(17)13(10)18)16(6)9-7-8-15(4)5/h18H,6-12H2,1-5H3;7-11H2,1-6H3;7-10H2,1-6H3;7-9H2,1-6H3. The zero-order chi connectivity index (χ0) is 60.4. The van der Waals surface area contributed by atoms with Crippen LogP contribution in [0.25, 0.3) is 0 Å². The van der Waals surface area contributed by atoms with E-state index in [1.54, 1.807) is 0 Å². The Labute approximate surface area is 494 Å². The maximum Gasteiger partial charge on any atom is 0.220 e. The molecule has 0 atom stereocenters. The molecule has 0 saturated heterocycles. The zero-order valence-electron chi connectivity index (χ0n) is 53.3. The lowest BCUT2D eigenvalue weighted by Gasteiger charge is -2.31. The summed E-state index contributed by atoms with van der Waals surface area (Å²) in [6.45, 7) is 49.6. The van der Waals surface area contributed by atoms with Crippen molar-refractivity contribution in [3.05, 3.63) is 81.2 Å². The first-order valence-corrected chi connectivity index (χ1v) is 30.6. The van der Waals surface area contributed by atoms with E-state index in [0.717, 1.165) is 156 Å². The lowest BCUT2D eigenvalue weighted by molar-refractivity contribution is 0.274. The first-order chi connectivity index (χ1) is 35.9. The smallest absolute Gasteiger partial charge is 0.220 e. The van der Waals surface area contributed by atoms with Crippen LogP contribution in [0.2, 0.25) is 0 Å². The molecule has 78 heavy (non-hydrogen) atoms. The molecule has 12 nitrogen and oxygen atoms in total. The second-order valence-electron chi connectivity index (χ2n) is 25.7. The third-order valence-corrected chi connectivity index (χ3v) is 15.8. The van der Waals surface area contributed by atoms with Crippen molar-refractivity contribution >= 4 is 71.6 Å². The summed E-state index contributed by atoms with van der Waals surface area (Å²) in [5, 5.41) is 3.31. The number of hydrogen-bond acceptors (Lipinski definition) is 16. The van der Waals surface area contributed by atoms with Crippen LogP contribution in [0.15, 0.2) is 19.2 Å². The minimum absolute atomic E-state index is 0.0221. The highest BCUT2D eigenvalue weighted by molar-refractivity contribution is 7.72. The van der Waals surface area contributed by atoms with E-state index in [1.807, 2.05) is 21.1 Å². The van der Waals surface area contributed by atoms with Crippen LogP contribution in [0.3, 0.4) is 0 Å². The largest absolute Gasteiger partial charge is 0.382 e. The highest BCUT2D eigenvalue weighted by Crippen LogP contribution is 2.35. The molecule has 0 aromatic heterocycles. The highest BCUT2D eigenvalue weighted by Gasteiger charge is 2.32. The summed E-state index contributed by atoms with van der Waals surface area (Å²) in [5.74, 6) is 0.